The summed E-state index contributed by atoms with van der Waals surface area (Å²) in [5.74, 6) is 0. The maximum absolute atomic E-state index is 13.9. The minimum atomic E-state index is -1.56. The number of aryl methyl sites for hydroxylation is 1. The molecule has 4 rings (SSSR count). The molecule has 0 spiro atoms. The van der Waals surface area contributed by atoms with E-state index < -0.39 is 11.8 Å². The SMILES string of the molecule is CCC[C@H]1N(c2ccc(Cl)cc2)C(=O)N(c2ccc(Cl)cc2)C1(O)c1cccc(CC)c1. The van der Waals surface area contributed by atoms with E-state index in [0.717, 1.165) is 18.4 Å². The molecule has 1 fully saturated rings. The molecule has 0 aliphatic carbocycles. The highest BCUT2D eigenvalue weighted by atomic mass is 35.5. The molecule has 0 bridgehead atoms. The van der Waals surface area contributed by atoms with Crippen LogP contribution in [0.15, 0.2) is 72.8 Å². The summed E-state index contributed by atoms with van der Waals surface area (Å²) in [7, 11) is 0. The quantitative estimate of drug-likeness (QED) is 0.422. The summed E-state index contributed by atoms with van der Waals surface area (Å²) in [5.41, 5.74) is 1.50. The number of carbonyl (C=O) groups excluding carboxylic acids is 1. The van der Waals surface area contributed by atoms with Gasteiger partial charge in [-0.2, -0.15) is 0 Å². The third-order valence-electron chi connectivity index (χ3n) is 6.03. The Labute approximate surface area is 199 Å². The van der Waals surface area contributed by atoms with Crippen molar-refractivity contribution in [3.8, 4) is 0 Å². The standard InChI is InChI=1S/C26H26Cl2N2O2/c1-3-6-24-26(32,19-8-5-7-18(4-2)17-19)30(23-15-11-21(28)12-16-23)25(31)29(24)22-13-9-20(27)10-14-22/h5,7-17,24,32H,3-4,6H2,1-2H3/t24-,26?/m1/s1. The Morgan fingerprint density at radius 1 is 0.906 bits per heavy atom. The number of amides is 2. The maximum Gasteiger partial charge on any atom is 0.332 e. The molecular formula is C26H26Cl2N2O2. The summed E-state index contributed by atoms with van der Waals surface area (Å²) in [5, 5.41) is 13.6. The van der Waals surface area contributed by atoms with Crippen molar-refractivity contribution in [1.82, 2.24) is 0 Å². The minimum Gasteiger partial charge on any atom is -0.365 e. The normalized spacial score (nSPS) is 20.8. The molecule has 0 saturated carbocycles. The largest absolute Gasteiger partial charge is 0.365 e. The number of hydrogen-bond donors (Lipinski definition) is 1. The molecule has 0 aromatic heterocycles. The van der Waals surface area contributed by atoms with Crippen molar-refractivity contribution in [3.05, 3.63) is 94.0 Å². The Balaban J connectivity index is 1.94. The lowest BCUT2D eigenvalue weighted by molar-refractivity contribution is 0.0289. The van der Waals surface area contributed by atoms with Crippen LogP contribution in [0.3, 0.4) is 0 Å². The molecule has 3 aromatic rings. The average molecular weight is 469 g/mol. The van der Waals surface area contributed by atoms with Crippen molar-refractivity contribution in [2.75, 3.05) is 9.80 Å². The zero-order valence-corrected chi connectivity index (χ0v) is 19.6. The van der Waals surface area contributed by atoms with Crippen LogP contribution in [0.2, 0.25) is 10.0 Å². The molecular weight excluding hydrogens is 443 g/mol. The monoisotopic (exact) mass is 468 g/mol. The lowest BCUT2D eigenvalue weighted by Crippen LogP contribution is -2.49. The minimum absolute atomic E-state index is 0.294. The fourth-order valence-corrected chi connectivity index (χ4v) is 4.70. The summed E-state index contributed by atoms with van der Waals surface area (Å²) in [6.45, 7) is 4.13. The molecule has 32 heavy (non-hydrogen) atoms. The Hall–Kier alpha value is -2.53. The second-order valence-electron chi connectivity index (χ2n) is 8.03. The van der Waals surface area contributed by atoms with Crippen molar-refractivity contribution >= 4 is 40.6 Å². The topological polar surface area (TPSA) is 43.8 Å². The Kier molecular flexibility index (Phi) is 6.47. The number of aliphatic hydroxyl groups is 1. The van der Waals surface area contributed by atoms with Gasteiger partial charge in [-0.05, 0) is 66.9 Å². The van der Waals surface area contributed by atoms with Crippen molar-refractivity contribution < 1.29 is 9.90 Å². The summed E-state index contributed by atoms with van der Waals surface area (Å²) in [6.07, 6.45) is 2.25. The van der Waals surface area contributed by atoms with Crippen molar-refractivity contribution in [3.63, 3.8) is 0 Å². The van der Waals surface area contributed by atoms with Crippen molar-refractivity contribution in [2.24, 2.45) is 0 Å². The van der Waals surface area contributed by atoms with Crippen LogP contribution in [0.1, 0.15) is 37.8 Å². The zero-order valence-electron chi connectivity index (χ0n) is 18.1. The van der Waals surface area contributed by atoms with Crippen molar-refractivity contribution in [1.29, 1.82) is 0 Å². The van der Waals surface area contributed by atoms with Gasteiger partial charge < -0.3 is 5.11 Å². The first-order valence-corrected chi connectivity index (χ1v) is 11.6. The number of halogens is 2. The molecule has 6 heteroatoms. The van der Waals surface area contributed by atoms with Gasteiger partial charge in [-0.25, -0.2) is 4.79 Å². The molecule has 1 unspecified atom stereocenters. The fraction of sp³-hybridized carbons (Fsp3) is 0.269. The molecule has 1 heterocycles. The van der Waals surface area contributed by atoms with Crippen LogP contribution in [0.4, 0.5) is 16.2 Å². The van der Waals surface area contributed by atoms with Crippen LogP contribution in [0.25, 0.3) is 0 Å². The van der Waals surface area contributed by atoms with E-state index in [-0.39, 0.29) is 6.03 Å². The van der Waals surface area contributed by atoms with E-state index in [1.807, 2.05) is 36.4 Å². The van der Waals surface area contributed by atoms with E-state index >= 15 is 0 Å². The van der Waals surface area contributed by atoms with Gasteiger partial charge in [0.05, 0.1) is 6.04 Å². The highest BCUT2D eigenvalue weighted by molar-refractivity contribution is 6.31. The second-order valence-corrected chi connectivity index (χ2v) is 8.90. The number of nitrogens with zero attached hydrogens (tertiary/aromatic N) is 2. The fourth-order valence-electron chi connectivity index (χ4n) is 4.45. The van der Waals surface area contributed by atoms with E-state index in [2.05, 4.69) is 13.8 Å². The smallest absolute Gasteiger partial charge is 0.332 e. The molecule has 2 atom stereocenters. The van der Waals surface area contributed by atoms with E-state index in [4.69, 9.17) is 23.2 Å². The Morgan fingerprint density at radius 2 is 1.50 bits per heavy atom. The van der Waals surface area contributed by atoms with Gasteiger partial charge in [0.25, 0.3) is 0 Å². The first-order valence-electron chi connectivity index (χ1n) is 10.9. The van der Waals surface area contributed by atoms with Gasteiger partial charge >= 0.3 is 6.03 Å². The third-order valence-corrected chi connectivity index (χ3v) is 6.53. The van der Waals surface area contributed by atoms with Crippen LogP contribution in [0, 0.1) is 0 Å². The number of urea groups is 1. The van der Waals surface area contributed by atoms with Gasteiger partial charge in [-0.3, -0.25) is 9.80 Å². The molecule has 0 radical (unpaired) electrons. The predicted molar refractivity (Wildman–Crippen MR) is 132 cm³/mol. The number of rotatable bonds is 6. The van der Waals surface area contributed by atoms with Crippen LogP contribution >= 0.6 is 23.2 Å². The lowest BCUT2D eigenvalue weighted by atomic mass is 9.89. The molecule has 3 aromatic carbocycles. The lowest BCUT2D eigenvalue weighted by Gasteiger charge is -2.37. The van der Waals surface area contributed by atoms with E-state index in [9.17, 15) is 9.90 Å². The molecule has 1 N–H and O–H groups in total. The molecule has 2 amide bonds. The number of carbonyl (C=O) groups is 1. The van der Waals surface area contributed by atoms with Gasteiger partial charge in [0.2, 0.25) is 0 Å². The number of anilines is 2. The van der Waals surface area contributed by atoms with E-state index in [1.54, 1.807) is 41.3 Å². The summed E-state index contributed by atoms with van der Waals surface area (Å²) in [4.78, 5) is 17.1. The van der Waals surface area contributed by atoms with Gasteiger partial charge in [0, 0.05) is 27.0 Å². The van der Waals surface area contributed by atoms with Crippen LogP contribution < -0.4 is 9.80 Å². The maximum atomic E-state index is 13.9. The van der Waals surface area contributed by atoms with Gasteiger partial charge in [-0.1, -0.05) is 67.7 Å². The first-order chi connectivity index (χ1) is 15.4. The molecule has 1 aliphatic heterocycles. The van der Waals surface area contributed by atoms with Crippen LogP contribution in [-0.2, 0) is 12.1 Å². The highest BCUT2D eigenvalue weighted by Crippen LogP contribution is 2.46. The number of hydrogen-bond acceptors (Lipinski definition) is 2. The molecule has 166 valence electrons. The molecule has 1 aliphatic rings. The second kappa shape index (κ2) is 9.14. The van der Waals surface area contributed by atoms with Crippen molar-refractivity contribution in [2.45, 2.75) is 44.9 Å². The van der Waals surface area contributed by atoms with Crippen LogP contribution in [0.5, 0.6) is 0 Å². The van der Waals surface area contributed by atoms with E-state index in [0.29, 0.717) is 33.4 Å². The molecule has 4 nitrogen and oxygen atoms in total. The van der Waals surface area contributed by atoms with Gasteiger partial charge in [0.1, 0.15) is 0 Å². The predicted octanol–water partition coefficient (Wildman–Crippen LogP) is 7.02. The Morgan fingerprint density at radius 3 is 2.06 bits per heavy atom. The molecule has 1 saturated heterocycles. The summed E-state index contributed by atoms with van der Waals surface area (Å²) >= 11 is 12.2. The van der Waals surface area contributed by atoms with E-state index in [1.165, 1.54) is 4.90 Å². The zero-order chi connectivity index (χ0) is 22.9. The number of benzene rings is 3. The average Bonchev–Trinajstić information content (AvgIpc) is 3.03. The summed E-state index contributed by atoms with van der Waals surface area (Å²) < 4.78 is 0. The van der Waals surface area contributed by atoms with Gasteiger partial charge in [-0.15, -0.1) is 0 Å². The third kappa shape index (κ3) is 3.88. The first kappa shape index (κ1) is 22.7. The Bertz CT molecular complexity index is 1100. The highest BCUT2D eigenvalue weighted by Gasteiger charge is 2.58. The summed E-state index contributed by atoms with van der Waals surface area (Å²) in [6, 6.07) is 21.2. The van der Waals surface area contributed by atoms with Gasteiger partial charge in [0.15, 0.2) is 5.72 Å². The van der Waals surface area contributed by atoms with Crippen LogP contribution in [-0.4, -0.2) is 17.2 Å².